The molecule has 1 fully saturated rings. The van der Waals surface area contributed by atoms with Crippen molar-refractivity contribution in [3.05, 3.63) is 41.2 Å². The standard InChI is InChI=1S/C16H18F2N4OS/c1-21-14(19-20-16(21)24-2)10-5-7-22(8-6-10)15(23)11-3-4-12(17)13(18)9-11/h3-4,9-10H,5-8H2,1-2H3. The minimum absolute atomic E-state index is 0.177. The highest BCUT2D eigenvalue weighted by atomic mass is 32.2. The summed E-state index contributed by atoms with van der Waals surface area (Å²) in [6, 6.07) is 3.26. The zero-order valence-electron chi connectivity index (χ0n) is 13.5. The molecule has 1 aliphatic rings. The lowest BCUT2D eigenvalue weighted by molar-refractivity contribution is 0.0709. The van der Waals surface area contributed by atoms with Gasteiger partial charge in [-0.05, 0) is 37.3 Å². The summed E-state index contributed by atoms with van der Waals surface area (Å²) in [6.07, 6.45) is 3.50. The first-order valence-corrected chi connectivity index (χ1v) is 8.91. The van der Waals surface area contributed by atoms with Crippen LogP contribution in [0.25, 0.3) is 0 Å². The van der Waals surface area contributed by atoms with Crippen LogP contribution in [0.1, 0.15) is 34.9 Å². The molecule has 5 nitrogen and oxygen atoms in total. The third kappa shape index (κ3) is 3.15. The van der Waals surface area contributed by atoms with Gasteiger partial charge < -0.3 is 9.47 Å². The molecule has 0 atom stereocenters. The minimum Gasteiger partial charge on any atom is -0.339 e. The molecular formula is C16H18F2N4OS. The number of hydrogen-bond acceptors (Lipinski definition) is 4. The lowest BCUT2D eigenvalue weighted by atomic mass is 9.95. The normalized spacial score (nSPS) is 15.8. The molecule has 1 aliphatic heterocycles. The van der Waals surface area contributed by atoms with Gasteiger partial charge in [0.1, 0.15) is 5.82 Å². The number of nitrogens with zero attached hydrogens (tertiary/aromatic N) is 4. The highest BCUT2D eigenvalue weighted by Crippen LogP contribution is 2.29. The molecule has 0 radical (unpaired) electrons. The zero-order valence-corrected chi connectivity index (χ0v) is 14.3. The fourth-order valence-corrected chi connectivity index (χ4v) is 3.50. The first kappa shape index (κ1) is 16.9. The number of hydrogen-bond donors (Lipinski definition) is 0. The molecule has 0 N–H and O–H groups in total. The average molecular weight is 352 g/mol. The van der Waals surface area contributed by atoms with Gasteiger partial charge in [-0.25, -0.2) is 8.78 Å². The molecule has 0 aliphatic carbocycles. The van der Waals surface area contributed by atoms with E-state index < -0.39 is 11.6 Å². The van der Waals surface area contributed by atoms with Gasteiger partial charge in [-0.1, -0.05) is 11.8 Å². The Hall–Kier alpha value is -1.96. The van der Waals surface area contributed by atoms with E-state index in [2.05, 4.69) is 10.2 Å². The number of thioether (sulfide) groups is 1. The summed E-state index contributed by atoms with van der Waals surface area (Å²) in [7, 11) is 1.94. The fraction of sp³-hybridized carbons (Fsp3) is 0.438. The summed E-state index contributed by atoms with van der Waals surface area (Å²) in [4.78, 5) is 14.1. The van der Waals surface area contributed by atoms with E-state index in [-0.39, 0.29) is 17.4 Å². The molecule has 2 aromatic rings. The molecule has 3 rings (SSSR count). The Bertz CT molecular complexity index is 757. The van der Waals surface area contributed by atoms with Gasteiger partial charge in [0, 0.05) is 31.6 Å². The van der Waals surface area contributed by atoms with Crippen molar-refractivity contribution >= 4 is 17.7 Å². The number of benzene rings is 1. The van der Waals surface area contributed by atoms with E-state index >= 15 is 0 Å². The first-order chi connectivity index (χ1) is 11.5. The molecular weight excluding hydrogens is 334 g/mol. The van der Waals surface area contributed by atoms with E-state index in [4.69, 9.17) is 0 Å². The second-order valence-corrected chi connectivity index (χ2v) is 6.57. The second-order valence-electron chi connectivity index (χ2n) is 5.80. The van der Waals surface area contributed by atoms with Crippen LogP contribution in [-0.2, 0) is 7.05 Å². The van der Waals surface area contributed by atoms with E-state index in [9.17, 15) is 13.6 Å². The number of halogens is 2. The molecule has 0 spiro atoms. The summed E-state index contributed by atoms with van der Waals surface area (Å²) in [6.45, 7) is 1.12. The Morgan fingerprint density at radius 3 is 2.50 bits per heavy atom. The molecule has 1 aromatic carbocycles. The number of amides is 1. The smallest absolute Gasteiger partial charge is 0.253 e. The van der Waals surface area contributed by atoms with Crippen molar-refractivity contribution in [1.82, 2.24) is 19.7 Å². The molecule has 1 saturated heterocycles. The number of carbonyl (C=O) groups is 1. The Labute approximate surface area is 143 Å². The maximum atomic E-state index is 13.3. The van der Waals surface area contributed by atoms with Crippen LogP contribution >= 0.6 is 11.8 Å². The van der Waals surface area contributed by atoms with Crippen molar-refractivity contribution in [1.29, 1.82) is 0 Å². The van der Waals surface area contributed by atoms with Crippen molar-refractivity contribution in [2.75, 3.05) is 19.3 Å². The van der Waals surface area contributed by atoms with Gasteiger partial charge in [0.2, 0.25) is 0 Å². The van der Waals surface area contributed by atoms with Crippen molar-refractivity contribution in [2.45, 2.75) is 23.9 Å². The molecule has 1 aromatic heterocycles. The van der Waals surface area contributed by atoms with Crippen LogP contribution < -0.4 is 0 Å². The SMILES string of the molecule is CSc1nnc(C2CCN(C(=O)c3ccc(F)c(F)c3)CC2)n1C. The third-order valence-corrected chi connectivity index (χ3v) is 5.09. The van der Waals surface area contributed by atoms with Gasteiger partial charge in [-0.15, -0.1) is 10.2 Å². The largest absolute Gasteiger partial charge is 0.339 e. The highest BCUT2D eigenvalue weighted by Gasteiger charge is 2.28. The monoisotopic (exact) mass is 352 g/mol. The van der Waals surface area contributed by atoms with Crippen molar-refractivity contribution in [3.8, 4) is 0 Å². The van der Waals surface area contributed by atoms with Crippen molar-refractivity contribution < 1.29 is 13.6 Å². The number of carbonyl (C=O) groups excluding carboxylic acids is 1. The van der Waals surface area contributed by atoms with Gasteiger partial charge in [0.05, 0.1) is 0 Å². The van der Waals surface area contributed by atoms with Gasteiger partial charge in [-0.2, -0.15) is 0 Å². The Balaban J connectivity index is 1.67. The zero-order chi connectivity index (χ0) is 17.3. The Kier molecular flexibility index (Phi) is 4.84. The summed E-state index contributed by atoms with van der Waals surface area (Å²) in [5.41, 5.74) is 0.177. The Morgan fingerprint density at radius 2 is 1.92 bits per heavy atom. The molecule has 0 saturated carbocycles. The summed E-state index contributed by atoms with van der Waals surface area (Å²) in [5.74, 6) is -1.04. The van der Waals surface area contributed by atoms with E-state index in [0.29, 0.717) is 13.1 Å². The van der Waals surface area contributed by atoms with Gasteiger partial charge in [0.25, 0.3) is 5.91 Å². The van der Waals surface area contributed by atoms with Crippen LogP contribution in [0, 0.1) is 11.6 Å². The molecule has 128 valence electrons. The molecule has 0 unspecified atom stereocenters. The number of aromatic nitrogens is 3. The summed E-state index contributed by atoms with van der Waals surface area (Å²) >= 11 is 1.54. The van der Waals surface area contributed by atoms with Crippen LogP contribution in [0.3, 0.4) is 0 Å². The van der Waals surface area contributed by atoms with E-state index in [0.717, 1.165) is 36.0 Å². The van der Waals surface area contributed by atoms with E-state index in [1.165, 1.54) is 6.07 Å². The third-order valence-electron chi connectivity index (χ3n) is 4.37. The van der Waals surface area contributed by atoms with Gasteiger partial charge in [0.15, 0.2) is 16.8 Å². The topological polar surface area (TPSA) is 51.0 Å². The van der Waals surface area contributed by atoms with E-state index in [1.807, 2.05) is 17.9 Å². The lowest BCUT2D eigenvalue weighted by Gasteiger charge is -2.31. The first-order valence-electron chi connectivity index (χ1n) is 7.69. The number of likely N-dealkylation sites (tertiary alicyclic amines) is 1. The predicted molar refractivity (Wildman–Crippen MR) is 87.0 cm³/mol. The average Bonchev–Trinajstić information content (AvgIpc) is 2.97. The van der Waals surface area contributed by atoms with E-state index in [1.54, 1.807) is 16.7 Å². The second kappa shape index (κ2) is 6.88. The minimum atomic E-state index is -1.00. The molecule has 1 amide bonds. The van der Waals surface area contributed by atoms with Crippen LogP contribution in [0.2, 0.25) is 0 Å². The quantitative estimate of drug-likeness (QED) is 0.797. The number of rotatable bonds is 3. The fourth-order valence-electron chi connectivity index (χ4n) is 3.01. The maximum Gasteiger partial charge on any atom is 0.253 e. The molecule has 2 heterocycles. The van der Waals surface area contributed by atoms with Crippen LogP contribution in [0.4, 0.5) is 8.78 Å². The van der Waals surface area contributed by atoms with Crippen LogP contribution in [0.15, 0.2) is 23.4 Å². The van der Waals surface area contributed by atoms with Crippen molar-refractivity contribution in [2.24, 2.45) is 7.05 Å². The highest BCUT2D eigenvalue weighted by molar-refractivity contribution is 7.98. The van der Waals surface area contributed by atoms with Crippen LogP contribution in [-0.4, -0.2) is 44.9 Å². The van der Waals surface area contributed by atoms with Crippen LogP contribution in [0.5, 0.6) is 0 Å². The molecule has 24 heavy (non-hydrogen) atoms. The lowest BCUT2D eigenvalue weighted by Crippen LogP contribution is -2.38. The predicted octanol–water partition coefficient (Wildman–Crippen LogP) is 2.84. The number of piperidine rings is 1. The Morgan fingerprint density at radius 1 is 1.21 bits per heavy atom. The molecule has 0 bridgehead atoms. The summed E-state index contributed by atoms with van der Waals surface area (Å²) in [5, 5.41) is 9.27. The van der Waals surface area contributed by atoms with Gasteiger partial charge in [-0.3, -0.25) is 4.79 Å². The van der Waals surface area contributed by atoms with Crippen molar-refractivity contribution in [3.63, 3.8) is 0 Å². The van der Waals surface area contributed by atoms with Gasteiger partial charge >= 0.3 is 0 Å². The molecule has 8 heteroatoms. The maximum absolute atomic E-state index is 13.3. The summed E-state index contributed by atoms with van der Waals surface area (Å²) < 4.78 is 28.3.